The predicted octanol–water partition coefficient (Wildman–Crippen LogP) is 4.27. The summed E-state index contributed by atoms with van der Waals surface area (Å²) in [5.41, 5.74) is 0.529. The highest BCUT2D eigenvalue weighted by Crippen LogP contribution is 2.32. The van der Waals surface area contributed by atoms with Crippen LogP contribution in [-0.4, -0.2) is 12.1 Å². The first-order chi connectivity index (χ1) is 7.33. The van der Waals surface area contributed by atoms with Crippen molar-refractivity contribution in [2.45, 2.75) is 83.6 Å². The predicted molar refractivity (Wildman–Crippen MR) is 68.3 cm³/mol. The molecule has 0 heterocycles. The third-order valence-electron chi connectivity index (χ3n) is 3.87. The quantitative estimate of drug-likeness (QED) is 0.620. The van der Waals surface area contributed by atoms with Gasteiger partial charge in [-0.15, -0.1) is 0 Å². The molecule has 0 aliphatic heterocycles. The lowest BCUT2D eigenvalue weighted by Crippen LogP contribution is -2.46. The Balaban J connectivity index is 2.28. The van der Waals surface area contributed by atoms with Crippen molar-refractivity contribution in [1.29, 1.82) is 0 Å². The molecule has 1 heteroatoms. The van der Waals surface area contributed by atoms with E-state index in [1.54, 1.807) is 0 Å². The summed E-state index contributed by atoms with van der Waals surface area (Å²) in [7, 11) is 0. The smallest absolute Gasteiger partial charge is 0.0181 e. The highest BCUT2D eigenvalue weighted by atomic mass is 15.0. The molecule has 0 aromatic rings. The van der Waals surface area contributed by atoms with E-state index in [0.29, 0.717) is 5.54 Å². The first kappa shape index (κ1) is 13.0. The van der Waals surface area contributed by atoms with Gasteiger partial charge in [-0.3, -0.25) is 0 Å². The van der Waals surface area contributed by atoms with Crippen LogP contribution in [0.5, 0.6) is 0 Å². The SMILES string of the molecule is CCCCCCC1(NCC)CCCCC1. The van der Waals surface area contributed by atoms with Gasteiger partial charge in [0, 0.05) is 5.54 Å². The second-order valence-electron chi connectivity index (χ2n) is 5.18. The van der Waals surface area contributed by atoms with Crippen LogP contribution in [0, 0.1) is 0 Å². The summed E-state index contributed by atoms with van der Waals surface area (Å²) in [5.74, 6) is 0. The van der Waals surface area contributed by atoms with Crippen LogP contribution in [0.4, 0.5) is 0 Å². The Kier molecular flexibility index (Phi) is 6.31. The molecule has 1 rings (SSSR count). The first-order valence-electron chi connectivity index (χ1n) is 7.08. The van der Waals surface area contributed by atoms with Crippen LogP contribution < -0.4 is 5.32 Å². The Morgan fingerprint density at radius 2 is 1.67 bits per heavy atom. The highest BCUT2D eigenvalue weighted by molar-refractivity contribution is 4.90. The molecule has 0 atom stereocenters. The van der Waals surface area contributed by atoms with Gasteiger partial charge in [0.1, 0.15) is 0 Å². The van der Waals surface area contributed by atoms with Crippen molar-refractivity contribution in [3.05, 3.63) is 0 Å². The molecule has 1 fully saturated rings. The lowest BCUT2D eigenvalue weighted by molar-refractivity contribution is 0.213. The van der Waals surface area contributed by atoms with Gasteiger partial charge >= 0.3 is 0 Å². The minimum absolute atomic E-state index is 0.529. The largest absolute Gasteiger partial charge is 0.312 e. The second kappa shape index (κ2) is 7.27. The van der Waals surface area contributed by atoms with Crippen molar-refractivity contribution in [1.82, 2.24) is 5.32 Å². The van der Waals surface area contributed by atoms with E-state index in [1.165, 1.54) is 64.2 Å². The molecule has 0 aromatic heterocycles. The molecule has 90 valence electrons. The van der Waals surface area contributed by atoms with Crippen molar-refractivity contribution >= 4 is 0 Å². The van der Waals surface area contributed by atoms with Crippen LogP contribution in [-0.2, 0) is 0 Å². The van der Waals surface area contributed by atoms with Crippen molar-refractivity contribution in [3.8, 4) is 0 Å². The molecule has 0 amide bonds. The molecular formula is C14H29N. The summed E-state index contributed by atoms with van der Waals surface area (Å²) in [6.07, 6.45) is 14.3. The average Bonchev–Trinajstić information content (AvgIpc) is 2.26. The zero-order valence-electron chi connectivity index (χ0n) is 10.8. The van der Waals surface area contributed by atoms with Crippen LogP contribution in [0.3, 0.4) is 0 Å². The molecule has 1 aliphatic carbocycles. The van der Waals surface area contributed by atoms with Crippen LogP contribution in [0.2, 0.25) is 0 Å². The summed E-state index contributed by atoms with van der Waals surface area (Å²) in [6, 6.07) is 0. The van der Waals surface area contributed by atoms with Gasteiger partial charge in [-0.05, 0) is 25.8 Å². The van der Waals surface area contributed by atoms with Gasteiger partial charge in [0.15, 0.2) is 0 Å². The van der Waals surface area contributed by atoms with Crippen molar-refractivity contribution in [2.75, 3.05) is 6.54 Å². The van der Waals surface area contributed by atoms with Crippen molar-refractivity contribution in [2.24, 2.45) is 0 Å². The maximum atomic E-state index is 3.77. The van der Waals surface area contributed by atoms with Crippen molar-refractivity contribution < 1.29 is 0 Å². The fourth-order valence-corrected chi connectivity index (χ4v) is 3.01. The van der Waals surface area contributed by atoms with Crippen LogP contribution in [0.15, 0.2) is 0 Å². The van der Waals surface area contributed by atoms with Gasteiger partial charge < -0.3 is 5.32 Å². The van der Waals surface area contributed by atoms with E-state index < -0.39 is 0 Å². The number of unbranched alkanes of at least 4 members (excludes halogenated alkanes) is 3. The fraction of sp³-hybridized carbons (Fsp3) is 1.00. The third kappa shape index (κ3) is 4.55. The van der Waals surface area contributed by atoms with E-state index in [1.807, 2.05) is 0 Å². The zero-order chi connectivity index (χ0) is 11.0. The number of hydrogen-bond donors (Lipinski definition) is 1. The van der Waals surface area contributed by atoms with Gasteiger partial charge in [0.05, 0.1) is 0 Å². The van der Waals surface area contributed by atoms with Gasteiger partial charge in [0.2, 0.25) is 0 Å². The van der Waals surface area contributed by atoms with E-state index in [9.17, 15) is 0 Å². The molecule has 15 heavy (non-hydrogen) atoms. The van der Waals surface area contributed by atoms with Gasteiger partial charge in [0.25, 0.3) is 0 Å². The normalized spacial score (nSPS) is 20.4. The van der Waals surface area contributed by atoms with Crippen LogP contribution >= 0.6 is 0 Å². The minimum Gasteiger partial charge on any atom is -0.312 e. The molecule has 0 bridgehead atoms. The Labute approximate surface area is 96.0 Å². The van der Waals surface area contributed by atoms with Gasteiger partial charge in [-0.1, -0.05) is 58.8 Å². The maximum absolute atomic E-state index is 3.77. The molecule has 0 unspecified atom stereocenters. The Morgan fingerprint density at radius 1 is 0.933 bits per heavy atom. The zero-order valence-corrected chi connectivity index (χ0v) is 10.8. The van der Waals surface area contributed by atoms with Crippen LogP contribution in [0.25, 0.3) is 0 Å². The molecule has 1 nitrogen and oxygen atoms in total. The molecule has 0 spiro atoms. The highest BCUT2D eigenvalue weighted by Gasteiger charge is 2.29. The fourth-order valence-electron chi connectivity index (χ4n) is 3.01. The number of hydrogen-bond acceptors (Lipinski definition) is 1. The molecule has 1 saturated carbocycles. The first-order valence-corrected chi connectivity index (χ1v) is 7.08. The molecule has 0 saturated heterocycles. The maximum Gasteiger partial charge on any atom is 0.0181 e. The van der Waals surface area contributed by atoms with E-state index >= 15 is 0 Å². The topological polar surface area (TPSA) is 12.0 Å². The molecule has 0 aromatic carbocycles. The molecular weight excluding hydrogens is 182 g/mol. The standard InChI is InChI=1S/C14H29N/c1-3-5-6-8-11-14(15-4-2)12-9-7-10-13-14/h15H,3-13H2,1-2H3. The Morgan fingerprint density at radius 3 is 2.27 bits per heavy atom. The number of rotatable bonds is 7. The third-order valence-corrected chi connectivity index (χ3v) is 3.87. The molecule has 1 N–H and O–H groups in total. The summed E-state index contributed by atoms with van der Waals surface area (Å²) in [4.78, 5) is 0. The summed E-state index contributed by atoms with van der Waals surface area (Å²) in [6.45, 7) is 5.69. The van der Waals surface area contributed by atoms with E-state index in [2.05, 4.69) is 19.2 Å². The second-order valence-corrected chi connectivity index (χ2v) is 5.18. The monoisotopic (exact) mass is 211 g/mol. The van der Waals surface area contributed by atoms with E-state index in [0.717, 1.165) is 6.54 Å². The molecule has 1 aliphatic rings. The summed E-state index contributed by atoms with van der Waals surface area (Å²) < 4.78 is 0. The minimum atomic E-state index is 0.529. The Bertz CT molecular complexity index is 142. The molecule has 0 radical (unpaired) electrons. The van der Waals surface area contributed by atoms with Gasteiger partial charge in [-0.2, -0.15) is 0 Å². The summed E-state index contributed by atoms with van der Waals surface area (Å²) >= 11 is 0. The van der Waals surface area contributed by atoms with E-state index in [-0.39, 0.29) is 0 Å². The summed E-state index contributed by atoms with van der Waals surface area (Å²) in [5, 5.41) is 3.77. The van der Waals surface area contributed by atoms with Crippen molar-refractivity contribution in [3.63, 3.8) is 0 Å². The Hall–Kier alpha value is -0.0400. The lowest BCUT2D eigenvalue weighted by atomic mass is 9.78. The van der Waals surface area contributed by atoms with Crippen LogP contribution in [0.1, 0.15) is 78.1 Å². The van der Waals surface area contributed by atoms with E-state index in [4.69, 9.17) is 0 Å². The van der Waals surface area contributed by atoms with Gasteiger partial charge in [-0.25, -0.2) is 0 Å². The lowest BCUT2D eigenvalue weighted by Gasteiger charge is -2.38. The number of nitrogens with one attached hydrogen (secondary N) is 1. The average molecular weight is 211 g/mol.